The number of aromatic nitrogens is 2. The van der Waals surface area contributed by atoms with Gasteiger partial charge in [0.25, 0.3) is 0 Å². The van der Waals surface area contributed by atoms with E-state index in [1.54, 1.807) is 0 Å². The molecule has 2 heterocycles. The van der Waals surface area contributed by atoms with Crippen molar-refractivity contribution in [2.45, 2.75) is 51.0 Å². The lowest BCUT2D eigenvalue weighted by Gasteiger charge is -2.18. The van der Waals surface area contributed by atoms with Gasteiger partial charge in [0.15, 0.2) is 5.15 Å². The van der Waals surface area contributed by atoms with E-state index in [9.17, 15) is 4.79 Å². The molecule has 86 valence electrons. The average molecular weight is 239 g/mol. The van der Waals surface area contributed by atoms with Gasteiger partial charge in [-0.2, -0.15) is 0 Å². The Morgan fingerprint density at radius 2 is 2.06 bits per heavy atom. The van der Waals surface area contributed by atoms with Gasteiger partial charge < -0.3 is 4.57 Å². The standard InChI is InChI=1S/C12H15ClN2O/c13-11-10-7-9(16)5-6-15(10)12(14-11)8-3-1-2-4-8/h8H,1-7H2. The number of fused-ring (bicyclic) bond motifs is 1. The fourth-order valence-electron chi connectivity index (χ4n) is 2.90. The predicted molar refractivity (Wildman–Crippen MR) is 61.8 cm³/mol. The van der Waals surface area contributed by atoms with Crippen LogP contribution in [0, 0.1) is 0 Å². The van der Waals surface area contributed by atoms with Crippen molar-refractivity contribution in [1.29, 1.82) is 0 Å². The zero-order chi connectivity index (χ0) is 11.1. The summed E-state index contributed by atoms with van der Waals surface area (Å²) in [4.78, 5) is 15.9. The Bertz CT molecular complexity index is 432. The summed E-state index contributed by atoms with van der Waals surface area (Å²) < 4.78 is 2.19. The summed E-state index contributed by atoms with van der Waals surface area (Å²) in [7, 11) is 0. The van der Waals surface area contributed by atoms with Gasteiger partial charge in [-0.1, -0.05) is 24.4 Å². The molecular formula is C12H15ClN2O. The van der Waals surface area contributed by atoms with Crippen LogP contribution in [-0.4, -0.2) is 15.3 Å². The molecular weight excluding hydrogens is 224 g/mol. The van der Waals surface area contributed by atoms with Gasteiger partial charge in [-0.3, -0.25) is 4.79 Å². The van der Waals surface area contributed by atoms with Gasteiger partial charge in [-0.25, -0.2) is 4.98 Å². The number of nitrogens with zero attached hydrogens (tertiary/aromatic N) is 2. The van der Waals surface area contributed by atoms with Gasteiger partial charge in [0.05, 0.1) is 5.69 Å². The molecule has 16 heavy (non-hydrogen) atoms. The molecule has 4 heteroatoms. The number of Topliss-reactive ketones (excluding diaryl/α,β-unsaturated/α-hetero) is 1. The minimum absolute atomic E-state index is 0.285. The zero-order valence-corrected chi connectivity index (χ0v) is 9.96. The van der Waals surface area contributed by atoms with Crippen molar-refractivity contribution < 1.29 is 4.79 Å². The summed E-state index contributed by atoms with van der Waals surface area (Å²) in [6.07, 6.45) is 6.15. The summed E-state index contributed by atoms with van der Waals surface area (Å²) in [5.74, 6) is 1.98. The molecule has 2 aliphatic rings. The number of carbonyl (C=O) groups is 1. The van der Waals surface area contributed by atoms with Crippen LogP contribution in [0.15, 0.2) is 0 Å². The van der Waals surface area contributed by atoms with E-state index in [-0.39, 0.29) is 5.78 Å². The van der Waals surface area contributed by atoms with Crippen LogP contribution in [0.5, 0.6) is 0 Å². The van der Waals surface area contributed by atoms with Crippen molar-refractivity contribution in [2.75, 3.05) is 0 Å². The minimum atomic E-state index is 0.285. The summed E-state index contributed by atoms with van der Waals surface area (Å²) in [5, 5.41) is 0.551. The third-order valence-electron chi connectivity index (χ3n) is 3.75. The van der Waals surface area contributed by atoms with E-state index in [1.807, 2.05) is 0 Å². The van der Waals surface area contributed by atoms with Gasteiger partial charge in [-0.15, -0.1) is 0 Å². The van der Waals surface area contributed by atoms with Crippen molar-refractivity contribution >= 4 is 17.4 Å². The number of ketones is 1. The Labute approximate surface area is 99.8 Å². The number of hydrogen-bond donors (Lipinski definition) is 0. The maximum absolute atomic E-state index is 11.4. The highest BCUT2D eigenvalue weighted by Crippen LogP contribution is 2.36. The summed E-state index contributed by atoms with van der Waals surface area (Å²) in [6.45, 7) is 0.778. The van der Waals surface area contributed by atoms with Gasteiger partial charge in [0.2, 0.25) is 0 Å². The SMILES string of the molecule is O=C1CCn2c(C3CCCC3)nc(Cl)c2C1. The van der Waals surface area contributed by atoms with Crippen LogP contribution in [0.4, 0.5) is 0 Å². The molecule has 1 aromatic rings. The number of rotatable bonds is 1. The normalized spacial score (nSPS) is 21.4. The molecule has 1 saturated carbocycles. The molecule has 3 rings (SSSR count). The van der Waals surface area contributed by atoms with Crippen molar-refractivity contribution in [3.63, 3.8) is 0 Å². The highest BCUT2D eigenvalue weighted by Gasteiger charge is 2.28. The second-order valence-corrected chi connectivity index (χ2v) is 5.16. The van der Waals surface area contributed by atoms with Crippen LogP contribution in [0.25, 0.3) is 0 Å². The largest absolute Gasteiger partial charge is 0.330 e. The maximum atomic E-state index is 11.4. The predicted octanol–water partition coefficient (Wildman–Crippen LogP) is 2.71. The quantitative estimate of drug-likeness (QED) is 0.754. The highest BCUT2D eigenvalue weighted by molar-refractivity contribution is 6.30. The molecule has 0 saturated heterocycles. The van der Waals surface area contributed by atoms with Gasteiger partial charge in [0.1, 0.15) is 11.6 Å². The molecule has 1 aromatic heterocycles. The molecule has 1 fully saturated rings. The first-order chi connectivity index (χ1) is 7.75. The maximum Gasteiger partial charge on any atom is 0.151 e. The molecule has 0 aromatic carbocycles. The molecule has 0 spiro atoms. The first-order valence-electron chi connectivity index (χ1n) is 6.02. The highest BCUT2D eigenvalue weighted by atomic mass is 35.5. The Hall–Kier alpha value is -0.830. The monoisotopic (exact) mass is 238 g/mol. The summed E-state index contributed by atoms with van der Waals surface area (Å²) >= 11 is 6.12. The van der Waals surface area contributed by atoms with Crippen molar-refractivity contribution in [3.8, 4) is 0 Å². The van der Waals surface area contributed by atoms with Gasteiger partial charge in [-0.05, 0) is 12.8 Å². The molecule has 3 nitrogen and oxygen atoms in total. The number of halogens is 1. The molecule has 0 bridgehead atoms. The van der Waals surface area contributed by atoms with Crippen LogP contribution in [0.3, 0.4) is 0 Å². The fraction of sp³-hybridized carbons (Fsp3) is 0.667. The summed E-state index contributed by atoms with van der Waals surface area (Å²) in [6, 6.07) is 0. The van der Waals surface area contributed by atoms with E-state index in [0.29, 0.717) is 23.9 Å². The lowest BCUT2D eigenvalue weighted by Crippen LogP contribution is -2.20. The second-order valence-electron chi connectivity index (χ2n) is 4.81. The molecule has 1 aliphatic carbocycles. The molecule has 0 N–H and O–H groups in total. The van der Waals surface area contributed by atoms with Crippen LogP contribution < -0.4 is 0 Å². The van der Waals surface area contributed by atoms with Crippen LogP contribution in [0.1, 0.15) is 49.5 Å². The zero-order valence-electron chi connectivity index (χ0n) is 9.21. The van der Waals surface area contributed by atoms with E-state index in [0.717, 1.165) is 18.1 Å². The van der Waals surface area contributed by atoms with Crippen LogP contribution in [-0.2, 0) is 17.8 Å². The minimum Gasteiger partial charge on any atom is -0.330 e. The Kier molecular flexibility index (Phi) is 2.51. The van der Waals surface area contributed by atoms with Crippen molar-refractivity contribution in [1.82, 2.24) is 9.55 Å². The van der Waals surface area contributed by atoms with E-state index < -0.39 is 0 Å². The lowest BCUT2D eigenvalue weighted by atomic mass is 10.1. The number of imidazole rings is 1. The summed E-state index contributed by atoms with van der Waals surface area (Å²) in [5.41, 5.74) is 0.944. The van der Waals surface area contributed by atoms with Crippen molar-refractivity contribution in [3.05, 3.63) is 16.7 Å². The van der Waals surface area contributed by atoms with Crippen LogP contribution >= 0.6 is 11.6 Å². The molecule has 1 aliphatic heterocycles. The number of hydrogen-bond acceptors (Lipinski definition) is 2. The molecule has 0 radical (unpaired) electrons. The smallest absolute Gasteiger partial charge is 0.151 e. The third-order valence-corrected chi connectivity index (χ3v) is 4.06. The third kappa shape index (κ3) is 1.58. The van der Waals surface area contributed by atoms with E-state index in [4.69, 9.17) is 11.6 Å². The van der Waals surface area contributed by atoms with Crippen LogP contribution in [0.2, 0.25) is 5.15 Å². The Morgan fingerprint density at radius 1 is 1.31 bits per heavy atom. The van der Waals surface area contributed by atoms with Gasteiger partial charge >= 0.3 is 0 Å². The first kappa shape index (κ1) is 10.3. The Morgan fingerprint density at radius 3 is 2.81 bits per heavy atom. The molecule has 0 amide bonds. The topological polar surface area (TPSA) is 34.9 Å². The van der Waals surface area contributed by atoms with E-state index >= 15 is 0 Å². The first-order valence-corrected chi connectivity index (χ1v) is 6.40. The van der Waals surface area contributed by atoms with E-state index in [1.165, 1.54) is 25.7 Å². The second kappa shape index (κ2) is 3.88. The number of carbonyl (C=O) groups excluding carboxylic acids is 1. The fourth-order valence-corrected chi connectivity index (χ4v) is 3.16. The average Bonchev–Trinajstić information content (AvgIpc) is 2.87. The molecule has 0 atom stereocenters. The van der Waals surface area contributed by atoms with E-state index in [2.05, 4.69) is 9.55 Å². The van der Waals surface area contributed by atoms with Gasteiger partial charge in [0, 0.05) is 25.3 Å². The Balaban J connectivity index is 2.00. The van der Waals surface area contributed by atoms with Crippen molar-refractivity contribution in [2.24, 2.45) is 0 Å². The molecule has 0 unspecified atom stereocenters. The lowest BCUT2D eigenvalue weighted by molar-refractivity contribution is -0.119.